The molecule has 7 heteroatoms. The number of benzene rings is 2. The fourth-order valence-electron chi connectivity index (χ4n) is 2.34. The summed E-state index contributed by atoms with van der Waals surface area (Å²) in [6.07, 6.45) is -4.46. The first-order chi connectivity index (χ1) is 11.7. The molecule has 0 fully saturated rings. The predicted molar refractivity (Wildman–Crippen MR) is 87.5 cm³/mol. The van der Waals surface area contributed by atoms with Gasteiger partial charge in [0.1, 0.15) is 5.75 Å². The Labute approximate surface area is 143 Å². The SMILES string of the molecule is CNC(C)c1ccc(OCC(=O)O)c(-c2cccc(C(F)(F)F)c2)c1. The smallest absolute Gasteiger partial charge is 0.416 e. The fraction of sp³-hybridized carbons (Fsp3) is 0.278. The van der Waals surface area contributed by atoms with Crippen LogP contribution in [0.2, 0.25) is 0 Å². The Balaban J connectivity index is 2.53. The van der Waals surface area contributed by atoms with Gasteiger partial charge in [-0.25, -0.2) is 4.79 Å². The molecule has 0 aliphatic heterocycles. The third-order valence-electron chi connectivity index (χ3n) is 3.79. The molecule has 2 N–H and O–H groups in total. The normalized spacial score (nSPS) is 12.7. The maximum atomic E-state index is 13.0. The van der Waals surface area contributed by atoms with E-state index in [1.807, 2.05) is 6.92 Å². The number of aliphatic carboxylic acids is 1. The minimum atomic E-state index is -4.46. The average Bonchev–Trinajstić information content (AvgIpc) is 2.58. The Morgan fingerprint density at radius 3 is 2.56 bits per heavy atom. The van der Waals surface area contributed by atoms with E-state index in [4.69, 9.17) is 9.84 Å². The first kappa shape index (κ1) is 18.8. The monoisotopic (exact) mass is 353 g/mol. The maximum Gasteiger partial charge on any atom is 0.416 e. The van der Waals surface area contributed by atoms with E-state index in [0.717, 1.165) is 17.7 Å². The zero-order valence-electron chi connectivity index (χ0n) is 13.7. The minimum Gasteiger partial charge on any atom is -0.481 e. The highest BCUT2D eigenvalue weighted by Crippen LogP contribution is 2.36. The molecule has 2 rings (SSSR count). The molecule has 0 radical (unpaired) electrons. The van der Waals surface area contributed by atoms with Crippen LogP contribution in [0.25, 0.3) is 11.1 Å². The van der Waals surface area contributed by atoms with Crippen LogP contribution in [0, 0.1) is 0 Å². The van der Waals surface area contributed by atoms with Crippen molar-refractivity contribution < 1.29 is 27.8 Å². The lowest BCUT2D eigenvalue weighted by atomic mass is 9.97. The zero-order valence-corrected chi connectivity index (χ0v) is 13.7. The molecular formula is C18H18F3NO3. The summed E-state index contributed by atoms with van der Waals surface area (Å²) in [7, 11) is 1.77. The molecule has 0 heterocycles. The molecule has 4 nitrogen and oxygen atoms in total. The fourth-order valence-corrected chi connectivity index (χ4v) is 2.34. The van der Waals surface area contributed by atoms with Crippen LogP contribution >= 0.6 is 0 Å². The molecule has 0 saturated heterocycles. The van der Waals surface area contributed by atoms with Crippen LogP contribution in [0.3, 0.4) is 0 Å². The number of carboxylic acids is 1. The van der Waals surface area contributed by atoms with Gasteiger partial charge in [0.25, 0.3) is 0 Å². The quantitative estimate of drug-likeness (QED) is 0.820. The second-order valence-corrected chi connectivity index (χ2v) is 5.53. The zero-order chi connectivity index (χ0) is 18.6. The summed E-state index contributed by atoms with van der Waals surface area (Å²) in [5, 5.41) is 11.8. The van der Waals surface area contributed by atoms with Crippen LogP contribution in [-0.2, 0) is 11.0 Å². The third kappa shape index (κ3) is 4.73. The molecule has 0 aromatic heterocycles. The molecule has 2 aromatic rings. The van der Waals surface area contributed by atoms with Crippen molar-refractivity contribution in [2.75, 3.05) is 13.7 Å². The summed E-state index contributed by atoms with van der Waals surface area (Å²) in [6, 6.07) is 9.85. The lowest BCUT2D eigenvalue weighted by Crippen LogP contribution is -2.13. The summed E-state index contributed by atoms with van der Waals surface area (Å²) in [5.74, 6) is -0.948. The van der Waals surface area contributed by atoms with Crippen molar-refractivity contribution in [3.05, 3.63) is 53.6 Å². The van der Waals surface area contributed by atoms with Gasteiger partial charge in [0, 0.05) is 11.6 Å². The summed E-state index contributed by atoms with van der Waals surface area (Å²) < 4.78 is 44.2. The van der Waals surface area contributed by atoms with Gasteiger partial charge in [0.05, 0.1) is 5.56 Å². The molecule has 0 bridgehead atoms. The second-order valence-electron chi connectivity index (χ2n) is 5.53. The Kier molecular flexibility index (Phi) is 5.69. The highest BCUT2D eigenvalue weighted by atomic mass is 19.4. The molecule has 0 aliphatic rings. The van der Waals surface area contributed by atoms with E-state index in [9.17, 15) is 18.0 Å². The van der Waals surface area contributed by atoms with Gasteiger partial charge in [-0.2, -0.15) is 13.2 Å². The molecule has 25 heavy (non-hydrogen) atoms. The van der Waals surface area contributed by atoms with E-state index in [-0.39, 0.29) is 11.8 Å². The Morgan fingerprint density at radius 2 is 1.96 bits per heavy atom. The van der Waals surface area contributed by atoms with Gasteiger partial charge in [0.15, 0.2) is 6.61 Å². The Hall–Kier alpha value is -2.54. The molecule has 2 aromatic carbocycles. The van der Waals surface area contributed by atoms with Crippen molar-refractivity contribution in [3.63, 3.8) is 0 Å². The molecule has 0 amide bonds. The molecular weight excluding hydrogens is 335 g/mol. The Bertz CT molecular complexity index is 759. The van der Waals surface area contributed by atoms with Gasteiger partial charge in [0.2, 0.25) is 0 Å². The number of carboxylic acid groups (broad SMARTS) is 1. The highest BCUT2D eigenvalue weighted by molar-refractivity contribution is 5.73. The van der Waals surface area contributed by atoms with E-state index >= 15 is 0 Å². The van der Waals surface area contributed by atoms with E-state index in [1.165, 1.54) is 12.1 Å². The van der Waals surface area contributed by atoms with Gasteiger partial charge < -0.3 is 15.2 Å². The summed E-state index contributed by atoms with van der Waals surface area (Å²) in [5.41, 5.74) is 0.783. The van der Waals surface area contributed by atoms with Crippen molar-refractivity contribution in [1.82, 2.24) is 5.32 Å². The molecule has 0 aliphatic carbocycles. The number of hydrogen-bond donors (Lipinski definition) is 2. The number of ether oxygens (including phenoxy) is 1. The van der Waals surface area contributed by atoms with E-state index in [2.05, 4.69) is 5.32 Å². The highest BCUT2D eigenvalue weighted by Gasteiger charge is 2.30. The van der Waals surface area contributed by atoms with Gasteiger partial charge in [-0.15, -0.1) is 0 Å². The summed E-state index contributed by atoms with van der Waals surface area (Å²) >= 11 is 0. The van der Waals surface area contributed by atoms with Crippen LogP contribution in [0.1, 0.15) is 24.1 Å². The number of rotatable bonds is 6. The van der Waals surface area contributed by atoms with Crippen molar-refractivity contribution in [2.45, 2.75) is 19.1 Å². The van der Waals surface area contributed by atoms with Crippen LogP contribution in [0.4, 0.5) is 13.2 Å². The van der Waals surface area contributed by atoms with Gasteiger partial charge in [-0.05, 0) is 49.4 Å². The molecule has 0 saturated carbocycles. The van der Waals surface area contributed by atoms with Crippen molar-refractivity contribution in [3.8, 4) is 16.9 Å². The lowest BCUT2D eigenvalue weighted by molar-refractivity contribution is -0.139. The lowest BCUT2D eigenvalue weighted by Gasteiger charge is -2.17. The number of carbonyl (C=O) groups is 1. The topological polar surface area (TPSA) is 58.6 Å². The average molecular weight is 353 g/mol. The van der Waals surface area contributed by atoms with E-state index < -0.39 is 24.3 Å². The number of alkyl halides is 3. The third-order valence-corrected chi connectivity index (χ3v) is 3.79. The van der Waals surface area contributed by atoms with Crippen LogP contribution in [-0.4, -0.2) is 24.7 Å². The van der Waals surface area contributed by atoms with E-state index in [1.54, 1.807) is 25.2 Å². The largest absolute Gasteiger partial charge is 0.481 e. The number of halogens is 3. The second kappa shape index (κ2) is 7.57. The molecule has 0 spiro atoms. The van der Waals surface area contributed by atoms with Gasteiger partial charge in [-0.1, -0.05) is 18.2 Å². The predicted octanol–water partition coefficient (Wildman–Crippen LogP) is 4.12. The summed E-state index contributed by atoms with van der Waals surface area (Å²) in [6.45, 7) is 1.33. The van der Waals surface area contributed by atoms with Crippen molar-refractivity contribution in [2.24, 2.45) is 0 Å². The molecule has 1 atom stereocenters. The first-order valence-corrected chi connectivity index (χ1v) is 7.56. The Morgan fingerprint density at radius 1 is 1.24 bits per heavy atom. The minimum absolute atomic E-state index is 0.0296. The first-order valence-electron chi connectivity index (χ1n) is 7.56. The summed E-state index contributed by atoms with van der Waals surface area (Å²) in [4.78, 5) is 10.7. The van der Waals surface area contributed by atoms with Gasteiger partial charge >= 0.3 is 12.1 Å². The van der Waals surface area contributed by atoms with Crippen molar-refractivity contribution >= 4 is 5.97 Å². The number of hydrogen-bond acceptors (Lipinski definition) is 3. The van der Waals surface area contributed by atoms with Crippen LogP contribution in [0.5, 0.6) is 5.75 Å². The standard InChI is InChI=1S/C18H18F3NO3/c1-11(22-2)12-6-7-16(25-10-17(23)24)15(9-12)13-4-3-5-14(8-13)18(19,20)21/h3-9,11,22H,10H2,1-2H3,(H,23,24). The molecule has 134 valence electrons. The van der Waals surface area contributed by atoms with Gasteiger partial charge in [-0.3, -0.25) is 0 Å². The maximum absolute atomic E-state index is 13.0. The van der Waals surface area contributed by atoms with E-state index in [0.29, 0.717) is 11.1 Å². The number of nitrogens with one attached hydrogen (secondary N) is 1. The molecule has 1 unspecified atom stereocenters. The van der Waals surface area contributed by atoms with Crippen LogP contribution < -0.4 is 10.1 Å². The van der Waals surface area contributed by atoms with Crippen molar-refractivity contribution in [1.29, 1.82) is 0 Å². The van der Waals surface area contributed by atoms with Crippen LogP contribution in [0.15, 0.2) is 42.5 Å².